The first-order valence-electron chi connectivity index (χ1n) is 8.99. The van der Waals surface area contributed by atoms with Gasteiger partial charge in [-0.3, -0.25) is 9.69 Å². The van der Waals surface area contributed by atoms with E-state index < -0.39 is 0 Å². The number of carbonyl (C=O) groups excluding carboxylic acids is 1. The van der Waals surface area contributed by atoms with Crippen molar-refractivity contribution in [3.8, 4) is 0 Å². The van der Waals surface area contributed by atoms with Crippen molar-refractivity contribution in [2.24, 2.45) is 0 Å². The van der Waals surface area contributed by atoms with Crippen molar-refractivity contribution in [1.82, 2.24) is 14.8 Å². The molecule has 1 aromatic heterocycles. The summed E-state index contributed by atoms with van der Waals surface area (Å²) in [7, 11) is 0. The molecule has 0 unspecified atom stereocenters. The Morgan fingerprint density at radius 1 is 1.17 bits per heavy atom. The fraction of sp³-hybridized carbons (Fsp3) is 0.526. The summed E-state index contributed by atoms with van der Waals surface area (Å²) in [6.07, 6.45) is 5.35. The first kappa shape index (κ1) is 15.7. The second kappa shape index (κ2) is 6.95. The van der Waals surface area contributed by atoms with Crippen molar-refractivity contribution in [2.45, 2.75) is 25.3 Å². The van der Waals surface area contributed by atoms with Crippen LogP contribution < -0.4 is 0 Å². The third-order valence-corrected chi connectivity index (χ3v) is 5.26. The van der Waals surface area contributed by atoms with Crippen LogP contribution in [-0.4, -0.2) is 66.1 Å². The van der Waals surface area contributed by atoms with Gasteiger partial charge in [0.1, 0.15) is 0 Å². The van der Waals surface area contributed by atoms with E-state index in [1.165, 1.54) is 6.42 Å². The van der Waals surface area contributed by atoms with E-state index in [1.807, 2.05) is 30.5 Å². The molecule has 0 saturated carbocycles. The summed E-state index contributed by atoms with van der Waals surface area (Å²) < 4.78 is 5.44. The standard InChI is InChI=1S/C19H25N3O2/c23-19(16-5-4-15-6-7-20-18(15)13-16)22-8-2-1-3-17(22)14-21-9-11-24-12-10-21/h4-7,13,17,20H,1-3,8-12,14H2/t17-/m0/s1. The molecule has 2 aliphatic rings. The van der Waals surface area contributed by atoms with E-state index in [-0.39, 0.29) is 5.91 Å². The summed E-state index contributed by atoms with van der Waals surface area (Å²) in [4.78, 5) is 20.8. The number of aromatic amines is 1. The highest BCUT2D eigenvalue weighted by atomic mass is 16.5. The topological polar surface area (TPSA) is 48.6 Å². The zero-order valence-corrected chi connectivity index (χ0v) is 14.0. The summed E-state index contributed by atoms with van der Waals surface area (Å²) in [5, 5.41) is 1.15. The molecular weight excluding hydrogens is 302 g/mol. The van der Waals surface area contributed by atoms with Gasteiger partial charge in [-0.2, -0.15) is 0 Å². The smallest absolute Gasteiger partial charge is 0.254 e. The van der Waals surface area contributed by atoms with E-state index in [0.29, 0.717) is 6.04 Å². The SMILES string of the molecule is O=C(c1ccc2cc[nH]c2c1)N1CCCC[C@H]1CN1CCOCC1. The number of carbonyl (C=O) groups is 1. The summed E-state index contributed by atoms with van der Waals surface area (Å²) >= 11 is 0. The molecule has 1 N–H and O–H groups in total. The third-order valence-electron chi connectivity index (χ3n) is 5.26. The van der Waals surface area contributed by atoms with E-state index in [2.05, 4.69) is 14.8 Å². The van der Waals surface area contributed by atoms with Crippen LogP contribution >= 0.6 is 0 Å². The van der Waals surface area contributed by atoms with Crippen LogP contribution in [0.1, 0.15) is 29.6 Å². The molecule has 0 aliphatic carbocycles. The van der Waals surface area contributed by atoms with Crippen molar-refractivity contribution in [3.63, 3.8) is 0 Å². The van der Waals surface area contributed by atoms with Gasteiger partial charge in [0.25, 0.3) is 5.91 Å². The number of hydrogen-bond donors (Lipinski definition) is 1. The largest absolute Gasteiger partial charge is 0.379 e. The molecule has 1 atom stereocenters. The normalized spacial score (nSPS) is 22.8. The molecule has 2 aromatic rings. The van der Waals surface area contributed by atoms with Crippen molar-refractivity contribution >= 4 is 16.8 Å². The van der Waals surface area contributed by atoms with Crippen LogP contribution in [0.2, 0.25) is 0 Å². The molecule has 0 radical (unpaired) electrons. The van der Waals surface area contributed by atoms with Crippen LogP contribution in [0.4, 0.5) is 0 Å². The minimum atomic E-state index is 0.171. The van der Waals surface area contributed by atoms with Gasteiger partial charge in [0.2, 0.25) is 0 Å². The van der Waals surface area contributed by atoms with Crippen LogP contribution in [0.15, 0.2) is 30.5 Å². The highest BCUT2D eigenvalue weighted by Crippen LogP contribution is 2.22. The molecule has 3 heterocycles. The second-order valence-corrected chi connectivity index (χ2v) is 6.84. The van der Waals surface area contributed by atoms with E-state index >= 15 is 0 Å². The second-order valence-electron chi connectivity index (χ2n) is 6.84. The van der Waals surface area contributed by atoms with E-state index in [0.717, 1.165) is 68.7 Å². The zero-order valence-electron chi connectivity index (χ0n) is 14.0. The summed E-state index contributed by atoms with van der Waals surface area (Å²) in [6.45, 7) is 5.42. The number of benzene rings is 1. The van der Waals surface area contributed by atoms with Crippen LogP contribution in [0.3, 0.4) is 0 Å². The molecule has 0 spiro atoms. The van der Waals surface area contributed by atoms with Gasteiger partial charge < -0.3 is 14.6 Å². The molecule has 24 heavy (non-hydrogen) atoms. The lowest BCUT2D eigenvalue weighted by Gasteiger charge is -2.39. The maximum atomic E-state index is 13.1. The molecule has 0 bridgehead atoms. The number of morpholine rings is 1. The minimum absolute atomic E-state index is 0.171. The van der Waals surface area contributed by atoms with Crippen LogP contribution in [-0.2, 0) is 4.74 Å². The molecule has 4 rings (SSSR count). The van der Waals surface area contributed by atoms with Crippen molar-refractivity contribution in [1.29, 1.82) is 0 Å². The number of amides is 1. The number of likely N-dealkylation sites (tertiary alicyclic amines) is 1. The van der Waals surface area contributed by atoms with E-state index in [1.54, 1.807) is 0 Å². The first-order chi connectivity index (χ1) is 11.8. The van der Waals surface area contributed by atoms with Crippen LogP contribution in [0.5, 0.6) is 0 Å². The van der Waals surface area contributed by atoms with Gasteiger partial charge in [-0.05, 0) is 42.8 Å². The van der Waals surface area contributed by atoms with Gasteiger partial charge in [-0.1, -0.05) is 6.07 Å². The van der Waals surface area contributed by atoms with Gasteiger partial charge >= 0.3 is 0 Å². The van der Waals surface area contributed by atoms with E-state index in [9.17, 15) is 4.79 Å². The number of nitrogens with one attached hydrogen (secondary N) is 1. The number of ether oxygens (including phenoxy) is 1. The number of H-pyrrole nitrogens is 1. The predicted molar refractivity (Wildman–Crippen MR) is 94.2 cm³/mol. The molecule has 2 aliphatic heterocycles. The average molecular weight is 327 g/mol. The zero-order chi connectivity index (χ0) is 16.4. The monoisotopic (exact) mass is 327 g/mol. The van der Waals surface area contributed by atoms with Crippen LogP contribution in [0, 0.1) is 0 Å². The maximum absolute atomic E-state index is 13.1. The van der Waals surface area contributed by atoms with Gasteiger partial charge in [0.15, 0.2) is 0 Å². The van der Waals surface area contributed by atoms with Gasteiger partial charge in [0.05, 0.1) is 13.2 Å². The molecule has 2 fully saturated rings. The summed E-state index contributed by atoms with van der Waals surface area (Å²) in [6, 6.07) is 8.33. The van der Waals surface area contributed by atoms with E-state index in [4.69, 9.17) is 4.74 Å². The Morgan fingerprint density at radius 2 is 2.04 bits per heavy atom. The lowest BCUT2D eigenvalue weighted by molar-refractivity contribution is 0.0166. The van der Waals surface area contributed by atoms with Crippen molar-refractivity contribution < 1.29 is 9.53 Å². The number of hydrogen-bond acceptors (Lipinski definition) is 3. The number of piperidine rings is 1. The lowest BCUT2D eigenvalue weighted by atomic mass is 9.99. The molecule has 5 nitrogen and oxygen atoms in total. The highest BCUT2D eigenvalue weighted by molar-refractivity contribution is 5.98. The van der Waals surface area contributed by atoms with Gasteiger partial charge in [0, 0.05) is 49.5 Å². The molecular formula is C19H25N3O2. The Bertz CT molecular complexity index is 705. The first-order valence-corrected chi connectivity index (χ1v) is 8.99. The Labute approximate surface area is 142 Å². The molecule has 5 heteroatoms. The highest BCUT2D eigenvalue weighted by Gasteiger charge is 2.29. The fourth-order valence-electron chi connectivity index (χ4n) is 3.89. The van der Waals surface area contributed by atoms with Gasteiger partial charge in [-0.25, -0.2) is 0 Å². The predicted octanol–water partition coefficient (Wildman–Crippen LogP) is 2.49. The Balaban J connectivity index is 1.51. The lowest BCUT2D eigenvalue weighted by Crippen LogP contribution is -2.51. The van der Waals surface area contributed by atoms with Crippen LogP contribution in [0.25, 0.3) is 10.9 Å². The molecule has 128 valence electrons. The summed E-state index contributed by atoms with van der Waals surface area (Å²) in [5.74, 6) is 0.171. The number of rotatable bonds is 3. The maximum Gasteiger partial charge on any atom is 0.254 e. The quantitative estimate of drug-likeness (QED) is 0.942. The average Bonchev–Trinajstić information content (AvgIpc) is 3.10. The third kappa shape index (κ3) is 3.19. The Kier molecular flexibility index (Phi) is 4.54. The summed E-state index contributed by atoms with van der Waals surface area (Å²) in [5.41, 5.74) is 1.82. The molecule has 1 aromatic carbocycles. The number of aromatic nitrogens is 1. The van der Waals surface area contributed by atoms with Crippen molar-refractivity contribution in [2.75, 3.05) is 39.4 Å². The Morgan fingerprint density at radius 3 is 2.92 bits per heavy atom. The fourth-order valence-corrected chi connectivity index (χ4v) is 3.89. The number of nitrogens with zero attached hydrogens (tertiary/aromatic N) is 2. The molecule has 2 saturated heterocycles. The molecule has 1 amide bonds. The number of fused-ring (bicyclic) bond motifs is 1. The van der Waals surface area contributed by atoms with Crippen molar-refractivity contribution in [3.05, 3.63) is 36.0 Å². The Hall–Kier alpha value is -1.85. The minimum Gasteiger partial charge on any atom is -0.379 e. The van der Waals surface area contributed by atoms with Gasteiger partial charge in [-0.15, -0.1) is 0 Å².